The average Bonchev–Trinajstić information content (AvgIpc) is 2.56. The number of benzene rings is 2. The summed E-state index contributed by atoms with van der Waals surface area (Å²) in [5, 5.41) is 2.94. The molecule has 0 aromatic heterocycles. The Morgan fingerprint density at radius 3 is 2.30 bits per heavy atom. The molecule has 118 valence electrons. The molecule has 0 aliphatic rings. The first-order chi connectivity index (χ1) is 10.9. The van der Waals surface area contributed by atoms with Crippen LogP contribution in [0.3, 0.4) is 0 Å². The molecule has 1 N–H and O–H groups in total. The van der Waals surface area contributed by atoms with Gasteiger partial charge in [0.1, 0.15) is 0 Å². The standard InChI is InChI=1S/C17H14ClNO4/c1-10-7-8-11(9-14(10)18)19-16(21)15(20)12-5-3-4-6-13(12)17(22)23-2/h3-9H,1-2H3,(H,19,21). The Labute approximate surface area is 138 Å². The number of hydrogen-bond donors (Lipinski definition) is 1. The second kappa shape index (κ2) is 7.07. The number of ether oxygens (including phenoxy) is 1. The fourth-order valence-corrected chi connectivity index (χ4v) is 2.13. The molecule has 0 spiro atoms. The minimum Gasteiger partial charge on any atom is -0.465 e. The first-order valence-electron chi connectivity index (χ1n) is 6.73. The highest BCUT2D eigenvalue weighted by Crippen LogP contribution is 2.20. The molecule has 0 aliphatic heterocycles. The molecule has 0 heterocycles. The molecule has 0 radical (unpaired) electrons. The van der Waals surface area contributed by atoms with Gasteiger partial charge in [-0.15, -0.1) is 0 Å². The summed E-state index contributed by atoms with van der Waals surface area (Å²) in [6.07, 6.45) is 0. The molecule has 0 saturated heterocycles. The van der Waals surface area contributed by atoms with Gasteiger partial charge in [-0.1, -0.05) is 29.8 Å². The van der Waals surface area contributed by atoms with Crippen molar-refractivity contribution in [3.63, 3.8) is 0 Å². The van der Waals surface area contributed by atoms with Crippen LogP contribution in [0.2, 0.25) is 5.02 Å². The minimum atomic E-state index is -0.860. The number of methoxy groups -OCH3 is 1. The van der Waals surface area contributed by atoms with Crippen molar-refractivity contribution in [2.24, 2.45) is 0 Å². The van der Waals surface area contributed by atoms with Crippen molar-refractivity contribution < 1.29 is 19.1 Å². The van der Waals surface area contributed by atoms with Gasteiger partial charge in [0.25, 0.3) is 11.7 Å². The second-order valence-corrected chi connectivity index (χ2v) is 5.19. The lowest BCUT2D eigenvalue weighted by molar-refractivity contribution is -0.112. The largest absolute Gasteiger partial charge is 0.465 e. The molecular formula is C17H14ClNO4. The van der Waals surface area contributed by atoms with E-state index in [-0.39, 0.29) is 11.1 Å². The summed E-state index contributed by atoms with van der Waals surface area (Å²) in [5.41, 5.74) is 1.27. The zero-order valence-corrected chi connectivity index (χ0v) is 13.3. The van der Waals surface area contributed by atoms with Gasteiger partial charge in [-0.2, -0.15) is 0 Å². The molecule has 0 saturated carbocycles. The summed E-state index contributed by atoms with van der Waals surface area (Å²) in [6, 6.07) is 10.9. The number of anilines is 1. The maximum atomic E-state index is 12.3. The Bertz CT molecular complexity index is 786. The molecular weight excluding hydrogens is 318 g/mol. The molecule has 2 aromatic rings. The highest BCUT2D eigenvalue weighted by molar-refractivity contribution is 6.47. The van der Waals surface area contributed by atoms with Crippen molar-refractivity contribution in [1.29, 1.82) is 0 Å². The molecule has 23 heavy (non-hydrogen) atoms. The van der Waals surface area contributed by atoms with E-state index in [4.69, 9.17) is 11.6 Å². The molecule has 0 unspecified atom stereocenters. The molecule has 6 heteroatoms. The monoisotopic (exact) mass is 331 g/mol. The van der Waals surface area contributed by atoms with Crippen molar-refractivity contribution >= 4 is 34.9 Å². The number of ketones is 1. The van der Waals surface area contributed by atoms with Crippen molar-refractivity contribution in [3.8, 4) is 0 Å². The first-order valence-corrected chi connectivity index (χ1v) is 7.11. The van der Waals surface area contributed by atoms with Gasteiger partial charge in [-0.3, -0.25) is 9.59 Å². The Morgan fingerprint density at radius 1 is 1.04 bits per heavy atom. The van der Waals surface area contributed by atoms with Crippen LogP contribution in [0.25, 0.3) is 0 Å². The summed E-state index contributed by atoms with van der Waals surface area (Å²) in [5.74, 6) is -2.37. The third kappa shape index (κ3) is 3.76. The number of carbonyl (C=O) groups is 3. The smallest absolute Gasteiger partial charge is 0.338 e. The number of aryl methyl sites for hydroxylation is 1. The first kappa shape index (κ1) is 16.7. The predicted octanol–water partition coefficient (Wildman–Crippen LogP) is 3.26. The van der Waals surface area contributed by atoms with Crippen LogP contribution in [-0.4, -0.2) is 24.8 Å². The third-order valence-electron chi connectivity index (χ3n) is 3.21. The Hall–Kier alpha value is -2.66. The van der Waals surface area contributed by atoms with Gasteiger partial charge in [-0.25, -0.2) is 4.79 Å². The number of rotatable bonds is 4. The lowest BCUT2D eigenvalue weighted by Crippen LogP contribution is -2.25. The summed E-state index contributed by atoms with van der Waals surface area (Å²) >= 11 is 5.98. The van der Waals surface area contributed by atoms with Gasteiger partial charge >= 0.3 is 5.97 Å². The molecule has 0 fully saturated rings. The maximum Gasteiger partial charge on any atom is 0.338 e. The fraction of sp³-hybridized carbons (Fsp3) is 0.118. The van der Waals surface area contributed by atoms with Gasteiger partial charge in [-0.05, 0) is 36.8 Å². The highest BCUT2D eigenvalue weighted by Gasteiger charge is 2.23. The molecule has 2 rings (SSSR count). The minimum absolute atomic E-state index is 0.0185. The summed E-state index contributed by atoms with van der Waals surface area (Å²) in [6.45, 7) is 1.83. The van der Waals surface area contributed by atoms with E-state index in [0.29, 0.717) is 10.7 Å². The van der Waals surface area contributed by atoms with Crippen LogP contribution in [0, 0.1) is 6.92 Å². The van der Waals surface area contributed by atoms with E-state index in [9.17, 15) is 14.4 Å². The molecule has 0 bridgehead atoms. The lowest BCUT2D eigenvalue weighted by atomic mass is 10.0. The summed E-state index contributed by atoms with van der Waals surface area (Å²) < 4.78 is 4.61. The second-order valence-electron chi connectivity index (χ2n) is 4.78. The maximum absolute atomic E-state index is 12.3. The molecule has 2 aromatic carbocycles. The van der Waals surface area contributed by atoms with Gasteiger partial charge in [0, 0.05) is 16.3 Å². The number of amides is 1. The molecule has 1 amide bonds. The van der Waals surface area contributed by atoms with Crippen LogP contribution in [0.1, 0.15) is 26.3 Å². The van der Waals surface area contributed by atoms with E-state index >= 15 is 0 Å². The number of nitrogens with one attached hydrogen (secondary N) is 1. The van der Waals surface area contributed by atoms with E-state index in [1.807, 2.05) is 6.92 Å². The molecule has 5 nitrogen and oxygen atoms in total. The normalized spacial score (nSPS) is 10.0. The fourth-order valence-electron chi connectivity index (χ4n) is 1.95. The van der Waals surface area contributed by atoms with E-state index in [2.05, 4.69) is 10.1 Å². The zero-order valence-electron chi connectivity index (χ0n) is 12.6. The Balaban J connectivity index is 2.25. The summed E-state index contributed by atoms with van der Waals surface area (Å²) in [7, 11) is 1.21. The number of Topliss-reactive ketones (excluding diaryl/α,β-unsaturated/α-hetero) is 1. The van der Waals surface area contributed by atoms with Gasteiger partial charge in [0.05, 0.1) is 12.7 Å². The summed E-state index contributed by atoms with van der Waals surface area (Å²) in [4.78, 5) is 36.1. The van der Waals surface area contributed by atoms with Crippen LogP contribution >= 0.6 is 11.6 Å². The number of hydrogen-bond acceptors (Lipinski definition) is 4. The van der Waals surface area contributed by atoms with Gasteiger partial charge in [0.2, 0.25) is 0 Å². The quantitative estimate of drug-likeness (QED) is 0.530. The van der Waals surface area contributed by atoms with E-state index in [0.717, 1.165) is 5.56 Å². The van der Waals surface area contributed by atoms with Gasteiger partial charge < -0.3 is 10.1 Å². The number of esters is 1. The van der Waals surface area contributed by atoms with Gasteiger partial charge in [0.15, 0.2) is 0 Å². The molecule has 0 aliphatic carbocycles. The Kier molecular flexibility index (Phi) is 5.13. The van der Waals surface area contributed by atoms with E-state index in [1.165, 1.54) is 19.2 Å². The van der Waals surface area contributed by atoms with Crippen molar-refractivity contribution in [2.75, 3.05) is 12.4 Å². The van der Waals surface area contributed by atoms with Crippen molar-refractivity contribution in [1.82, 2.24) is 0 Å². The number of halogens is 1. The van der Waals surface area contributed by atoms with Crippen LogP contribution in [0.5, 0.6) is 0 Å². The van der Waals surface area contributed by atoms with Crippen molar-refractivity contribution in [2.45, 2.75) is 6.92 Å². The van der Waals surface area contributed by atoms with E-state index in [1.54, 1.807) is 30.3 Å². The van der Waals surface area contributed by atoms with Crippen LogP contribution in [-0.2, 0) is 9.53 Å². The lowest BCUT2D eigenvalue weighted by Gasteiger charge is -2.08. The topological polar surface area (TPSA) is 72.5 Å². The zero-order chi connectivity index (χ0) is 17.0. The predicted molar refractivity (Wildman–Crippen MR) is 86.9 cm³/mol. The molecule has 0 atom stereocenters. The highest BCUT2D eigenvalue weighted by atomic mass is 35.5. The average molecular weight is 332 g/mol. The SMILES string of the molecule is COC(=O)c1ccccc1C(=O)C(=O)Nc1ccc(C)c(Cl)c1. The Morgan fingerprint density at radius 2 is 1.70 bits per heavy atom. The van der Waals surface area contributed by atoms with Crippen LogP contribution in [0.4, 0.5) is 5.69 Å². The van der Waals surface area contributed by atoms with E-state index < -0.39 is 17.7 Å². The van der Waals surface area contributed by atoms with Crippen molar-refractivity contribution in [3.05, 3.63) is 64.2 Å². The van der Waals surface area contributed by atoms with Crippen LogP contribution in [0.15, 0.2) is 42.5 Å². The van der Waals surface area contributed by atoms with Crippen LogP contribution < -0.4 is 5.32 Å². The third-order valence-corrected chi connectivity index (χ3v) is 3.62. The number of carbonyl (C=O) groups excluding carboxylic acids is 3.